The third-order valence-corrected chi connectivity index (χ3v) is 5.69. The van der Waals surface area contributed by atoms with E-state index in [1.807, 2.05) is 19.9 Å². The molecule has 1 heterocycles. The minimum absolute atomic E-state index is 0.229. The lowest BCUT2D eigenvalue weighted by atomic mass is 10.2. The molecule has 1 atom stereocenters. The number of hydrogen-bond donors (Lipinski definition) is 0. The van der Waals surface area contributed by atoms with Gasteiger partial charge in [0.1, 0.15) is 5.82 Å². The van der Waals surface area contributed by atoms with Crippen LogP contribution in [-0.2, 0) is 16.0 Å². The van der Waals surface area contributed by atoms with Crippen LogP contribution in [0.15, 0.2) is 44.7 Å². The Bertz CT molecular complexity index is 1310. The molecule has 0 aliphatic heterocycles. The first-order valence-electron chi connectivity index (χ1n) is 11.3. The predicted octanol–water partition coefficient (Wildman–Crippen LogP) is 5.38. The van der Waals surface area contributed by atoms with Crippen molar-refractivity contribution in [3.05, 3.63) is 61.6 Å². The van der Waals surface area contributed by atoms with Crippen LogP contribution >= 0.6 is 27.5 Å². The van der Waals surface area contributed by atoms with Crippen LogP contribution in [0.5, 0.6) is 11.5 Å². The normalized spacial score (nSPS) is 12.2. The SMILES string of the molecule is CCCc1nc2ccc(Br)cc2c(=O)n1N=Cc1cc(Cl)c(O[C@@H](C)C(=O)OCC)c(OCC)c1. The Morgan fingerprint density at radius 3 is 2.69 bits per heavy atom. The van der Waals surface area contributed by atoms with Crippen LogP contribution in [-0.4, -0.2) is 41.2 Å². The third-order valence-electron chi connectivity index (χ3n) is 4.92. The van der Waals surface area contributed by atoms with Crippen LogP contribution < -0.4 is 15.0 Å². The summed E-state index contributed by atoms with van der Waals surface area (Å²) in [7, 11) is 0. The number of nitrogens with zero attached hydrogens (tertiary/aromatic N) is 3. The summed E-state index contributed by atoms with van der Waals surface area (Å²) in [6.45, 7) is 7.72. The fourth-order valence-electron chi connectivity index (χ4n) is 3.35. The van der Waals surface area contributed by atoms with Crippen molar-refractivity contribution in [3.8, 4) is 11.5 Å². The van der Waals surface area contributed by atoms with Gasteiger partial charge in [0, 0.05) is 10.9 Å². The van der Waals surface area contributed by atoms with Gasteiger partial charge in [-0.25, -0.2) is 9.78 Å². The molecule has 1 aromatic heterocycles. The fourth-order valence-corrected chi connectivity index (χ4v) is 3.97. The second-order valence-electron chi connectivity index (χ2n) is 7.58. The number of rotatable bonds is 10. The highest BCUT2D eigenvalue weighted by Gasteiger charge is 2.21. The van der Waals surface area contributed by atoms with Gasteiger partial charge >= 0.3 is 5.97 Å². The van der Waals surface area contributed by atoms with Gasteiger partial charge in [-0.2, -0.15) is 9.78 Å². The van der Waals surface area contributed by atoms with Crippen LogP contribution in [0.3, 0.4) is 0 Å². The molecule has 0 spiro atoms. The van der Waals surface area contributed by atoms with E-state index in [0.29, 0.717) is 41.1 Å². The lowest BCUT2D eigenvalue weighted by Crippen LogP contribution is -2.26. The van der Waals surface area contributed by atoms with Crippen molar-refractivity contribution in [2.24, 2.45) is 5.10 Å². The zero-order chi connectivity index (χ0) is 25.5. The Kier molecular flexibility index (Phi) is 9.28. The fraction of sp³-hybridized carbons (Fsp3) is 0.360. The summed E-state index contributed by atoms with van der Waals surface area (Å²) in [5.41, 5.74) is 0.931. The summed E-state index contributed by atoms with van der Waals surface area (Å²) in [5.74, 6) is 0.629. The molecule has 0 saturated heterocycles. The molecule has 10 heteroatoms. The molecule has 186 valence electrons. The summed E-state index contributed by atoms with van der Waals surface area (Å²) in [6, 6.07) is 8.69. The Hall–Kier alpha value is -2.91. The average Bonchev–Trinajstić information content (AvgIpc) is 2.82. The lowest BCUT2D eigenvalue weighted by Gasteiger charge is -2.18. The van der Waals surface area contributed by atoms with Crippen molar-refractivity contribution in [1.29, 1.82) is 0 Å². The second kappa shape index (κ2) is 12.2. The number of fused-ring (bicyclic) bond motifs is 1. The largest absolute Gasteiger partial charge is 0.490 e. The van der Waals surface area contributed by atoms with Gasteiger partial charge in [-0.1, -0.05) is 34.5 Å². The molecule has 0 radical (unpaired) electrons. The number of aromatic nitrogens is 2. The van der Waals surface area contributed by atoms with Gasteiger partial charge in [-0.15, -0.1) is 0 Å². The maximum Gasteiger partial charge on any atom is 0.347 e. The van der Waals surface area contributed by atoms with Crippen molar-refractivity contribution in [2.75, 3.05) is 13.2 Å². The molecule has 0 aliphatic carbocycles. The highest BCUT2D eigenvalue weighted by molar-refractivity contribution is 9.10. The highest BCUT2D eigenvalue weighted by Crippen LogP contribution is 2.37. The van der Waals surface area contributed by atoms with Gasteiger partial charge < -0.3 is 14.2 Å². The first-order chi connectivity index (χ1) is 16.8. The van der Waals surface area contributed by atoms with Gasteiger partial charge in [0.15, 0.2) is 17.6 Å². The molecule has 3 rings (SSSR count). The van der Waals surface area contributed by atoms with Gasteiger partial charge in [-0.3, -0.25) is 4.79 Å². The number of carbonyl (C=O) groups is 1. The molecule has 35 heavy (non-hydrogen) atoms. The van der Waals surface area contributed by atoms with Gasteiger partial charge in [0.05, 0.1) is 35.4 Å². The standard InChI is InChI=1S/C25H27BrClN3O5/c1-5-8-22-29-20-10-9-17(26)13-18(20)24(31)30(22)28-14-16-11-19(27)23(21(12-16)33-6-2)35-15(4)25(32)34-7-3/h9-15H,5-8H2,1-4H3/t15-/m0/s1. The molecule has 0 aliphatic rings. The van der Waals surface area contributed by atoms with Crippen LogP contribution in [0.25, 0.3) is 10.9 Å². The highest BCUT2D eigenvalue weighted by atomic mass is 79.9. The summed E-state index contributed by atoms with van der Waals surface area (Å²) in [6.07, 6.45) is 2.03. The van der Waals surface area contributed by atoms with Gasteiger partial charge in [0.2, 0.25) is 0 Å². The van der Waals surface area contributed by atoms with E-state index in [1.165, 1.54) is 10.9 Å². The molecule has 3 aromatic rings. The van der Waals surface area contributed by atoms with Crippen molar-refractivity contribution >= 4 is 50.6 Å². The number of esters is 1. The molecule has 8 nitrogen and oxygen atoms in total. The van der Waals surface area contributed by atoms with Crippen LogP contribution in [0.4, 0.5) is 0 Å². The topological polar surface area (TPSA) is 92.0 Å². The molecular formula is C25H27BrClN3O5. The molecule has 0 unspecified atom stereocenters. The van der Waals surface area contributed by atoms with Crippen molar-refractivity contribution in [3.63, 3.8) is 0 Å². The van der Waals surface area contributed by atoms with Gasteiger partial charge in [0.25, 0.3) is 5.56 Å². The maximum atomic E-state index is 13.2. The van der Waals surface area contributed by atoms with Crippen LogP contribution in [0.1, 0.15) is 45.5 Å². The number of carbonyl (C=O) groups excluding carboxylic acids is 1. The van der Waals surface area contributed by atoms with Crippen LogP contribution in [0.2, 0.25) is 5.02 Å². The minimum atomic E-state index is -0.871. The second-order valence-corrected chi connectivity index (χ2v) is 8.90. The predicted molar refractivity (Wildman–Crippen MR) is 140 cm³/mol. The molecule has 0 saturated carbocycles. The molecule has 0 bridgehead atoms. The molecule has 0 fully saturated rings. The van der Waals surface area contributed by atoms with E-state index in [2.05, 4.69) is 26.0 Å². The number of hydrogen-bond acceptors (Lipinski definition) is 7. The average molecular weight is 565 g/mol. The zero-order valence-electron chi connectivity index (χ0n) is 20.0. The minimum Gasteiger partial charge on any atom is -0.490 e. The molecule has 0 amide bonds. The number of aryl methyl sites for hydroxylation is 1. The number of halogens is 2. The summed E-state index contributed by atoms with van der Waals surface area (Å²) < 4.78 is 18.5. The smallest absolute Gasteiger partial charge is 0.347 e. The first-order valence-corrected chi connectivity index (χ1v) is 12.5. The summed E-state index contributed by atoms with van der Waals surface area (Å²) >= 11 is 9.88. The van der Waals surface area contributed by atoms with E-state index in [9.17, 15) is 9.59 Å². The lowest BCUT2D eigenvalue weighted by molar-refractivity contribution is -0.150. The quantitative estimate of drug-likeness (QED) is 0.243. The van der Waals surface area contributed by atoms with E-state index < -0.39 is 12.1 Å². The Morgan fingerprint density at radius 1 is 1.23 bits per heavy atom. The Morgan fingerprint density at radius 2 is 2.00 bits per heavy atom. The van der Waals surface area contributed by atoms with E-state index in [1.54, 1.807) is 38.1 Å². The van der Waals surface area contributed by atoms with E-state index in [4.69, 9.17) is 25.8 Å². The van der Waals surface area contributed by atoms with E-state index >= 15 is 0 Å². The monoisotopic (exact) mass is 563 g/mol. The van der Waals surface area contributed by atoms with Crippen molar-refractivity contribution in [1.82, 2.24) is 9.66 Å². The maximum absolute atomic E-state index is 13.2. The zero-order valence-corrected chi connectivity index (χ0v) is 22.4. The molecule has 0 N–H and O–H groups in total. The van der Waals surface area contributed by atoms with Crippen molar-refractivity contribution < 1.29 is 19.0 Å². The Labute approximate surface area is 217 Å². The van der Waals surface area contributed by atoms with E-state index in [-0.39, 0.29) is 22.9 Å². The first kappa shape index (κ1) is 26.7. The number of ether oxygens (including phenoxy) is 3. The summed E-state index contributed by atoms with van der Waals surface area (Å²) in [4.78, 5) is 29.8. The van der Waals surface area contributed by atoms with Crippen molar-refractivity contribution in [2.45, 2.75) is 46.6 Å². The third kappa shape index (κ3) is 6.41. The summed E-state index contributed by atoms with van der Waals surface area (Å²) in [5, 5.41) is 5.12. The Balaban J connectivity index is 2.02. The van der Waals surface area contributed by atoms with E-state index in [0.717, 1.165) is 10.9 Å². The van der Waals surface area contributed by atoms with Gasteiger partial charge in [-0.05, 0) is 63.1 Å². The van der Waals surface area contributed by atoms with Crippen LogP contribution in [0, 0.1) is 0 Å². The molecular weight excluding hydrogens is 538 g/mol. The number of benzene rings is 2. The molecule has 2 aromatic carbocycles.